The Bertz CT molecular complexity index is 132. The van der Waals surface area contributed by atoms with E-state index in [1.165, 1.54) is 6.92 Å². The van der Waals surface area contributed by atoms with Gasteiger partial charge in [0.25, 0.3) is 0 Å². The van der Waals surface area contributed by atoms with Crippen molar-refractivity contribution >= 4 is 11.8 Å². The molecule has 0 aliphatic carbocycles. The highest BCUT2D eigenvalue weighted by atomic mass is 16.5. The van der Waals surface area contributed by atoms with Gasteiger partial charge in [0.1, 0.15) is 12.4 Å². The number of carboxylic acid groups (broad SMARTS) is 1. The van der Waals surface area contributed by atoms with Gasteiger partial charge in [0.2, 0.25) is 0 Å². The molecular weight excluding hydrogens is 124 g/mol. The largest absolute Gasteiger partial charge is 0.480 e. The molecule has 9 heavy (non-hydrogen) atoms. The van der Waals surface area contributed by atoms with E-state index >= 15 is 0 Å². The van der Waals surface area contributed by atoms with Gasteiger partial charge in [-0.2, -0.15) is 0 Å². The molecule has 0 rings (SSSR count). The molecule has 0 heterocycles. The molecule has 3 N–H and O–H groups in total. The van der Waals surface area contributed by atoms with Crippen molar-refractivity contribution in [2.75, 3.05) is 6.54 Å². The zero-order valence-electron chi connectivity index (χ0n) is 4.96. The van der Waals surface area contributed by atoms with Crippen LogP contribution in [0.4, 0.5) is 0 Å². The van der Waals surface area contributed by atoms with Crippen LogP contribution in [-0.4, -0.2) is 28.7 Å². The summed E-state index contributed by atoms with van der Waals surface area (Å²) in [6, 6.07) is 0. The van der Waals surface area contributed by atoms with E-state index in [-0.39, 0.29) is 12.4 Å². The van der Waals surface area contributed by atoms with Crippen LogP contribution in [0.15, 0.2) is 4.99 Å². The summed E-state index contributed by atoms with van der Waals surface area (Å²) in [5.41, 5.74) is 1.71. The first-order valence-electron chi connectivity index (χ1n) is 2.29. The minimum absolute atomic E-state index is 0.192. The average molecular weight is 132 g/mol. The summed E-state index contributed by atoms with van der Waals surface area (Å²) in [5.74, 6) is -0.831. The van der Waals surface area contributed by atoms with Crippen LogP contribution < -0.4 is 5.48 Å². The average Bonchev–Trinajstić information content (AvgIpc) is 1.83. The zero-order chi connectivity index (χ0) is 7.28. The predicted octanol–water partition coefficient (Wildman–Crippen LogP) is -0.532. The predicted molar refractivity (Wildman–Crippen MR) is 30.5 cm³/mol. The van der Waals surface area contributed by atoms with Crippen molar-refractivity contribution in [2.45, 2.75) is 6.92 Å². The third-order valence-electron chi connectivity index (χ3n) is 0.613. The van der Waals surface area contributed by atoms with Gasteiger partial charge in [-0.25, -0.2) is 0 Å². The lowest BCUT2D eigenvalue weighted by atomic mass is 10.6. The summed E-state index contributed by atoms with van der Waals surface area (Å²) in [6.45, 7) is 1.14. The van der Waals surface area contributed by atoms with Crippen molar-refractivity contribution in [2.24, 2.45) is 4.99 Å². The molecule has 0 atom stereocenters. The van der Waals surface area contributed by atoms with Gasteiger partial charge in [-0.15, -0.1) is 0 Å². The fourth-order valence-electron chi connectivity index (χ4n) is 0.222. The molecule has 5 nitrogen and oxygen atoms in total. The molecule has 0 saturated heterocycles. The van der Waals surface area contributed by atoms with E-state index in [1.807, 2.05) is 0 Å². The molecule has 0 unspecified atom stereocenters. The summed E-state index contributed by atoms with van der Waals surface area (Å²) in [7, 11) is 0. The van der Waals surface area contributed by atoms with E-state index in [9.17, 15) is 4.79 Å². The maximum Gasteiger partial charge on any atom is 0.325 e. The van der Waals surface area contributed by atoms with Gasteiger partial charge in [-0.3, -0.25) is 20.5 Å². The number of amidine groups is 1. The molecule has 0 aliphatic heterocycles. The monoisotopic (exact) mass is 132 g/mol. The lowest BCUT2D eigenvalue weighted by molar-refractivity contribution is -0.135. The Morgan fingerprint density at radius 3 is 2.67 bits per heavy atom. The summed E-state index contributed by atoms with van der Waals surface area (Å²) in [6.07, 6.45) is 0. The quantitative estimate of drug-likeness (QED) is 0.268. The van der Waals surface area contributed by atoms with Crippen LogP contribution in [0, 0.1) is 0 Å². The summed E-state index contributed by atoms with van der Waals surface area (Å²) in [5, 5.41) is 16.1. The van der Waals surface area contributed by atoms with E-state index in [2.05, 4.69) is 4.99 Å². The number of aliphatic imine (C=N–C) groups is 1. The van der Waals surface area contributed by atoms with Crippen molar-refractivity contribution in [3.63, 3.8) is 0 Å². The minimum atomic E-state index is -1.02. The number of hydrogen-bond donors (Lipinski definition) is 3. The van der Waals surface area contributed by atoms with Crippen LogP contribution >= 0.6 is 0 Å². The maximum absolute atomic E-state index is 9.80. The van der Waals surface area contributed by atoms with Crippen LogP contribution in [0.1, 0.15) is 6.92 Å². The maximum atomic E-state index is 9.80. The van der Waals surface area contributed by atoms with E-state index < -0.39 is 5.97 Å². The molecule has 0 aromatic rings. The van der Waals surface area contributed by atoms with Gasteiger partial charge >= 0.3 is 5.97 Å². The van der Waals surface area contributed by atoms with Crippen LogP contribution in [0.2, 0.25) is 0 Å². The lowest BCUT2D eigenvalue weighted by Crippen LogP contribution is -2.16. The first kappa shape index (κ1) is 7.90. The Hall–Kier alpha value is -1.10. The Morgan fingerprint density at radius 2 is 2.33 bits per heavy atom. The third kappa shape index (κ3) is 4.76. The van der Waals surface area contributed by atoms with Gasteiger partial charge in [-0.05, 0) is 6.92 Å². The van der Waals surface area contributed by atoms with Gasteiger partial charge in [0.15, 0.2) is 0 Å². The van der Waals surface area contributed by atoms with Gasteiger partial charge in [0, 0.05) is 0 Å². The molecule has 0 aliphatic rings. The minimum Gasteiger partial charge on any atom is -0.480 e. The van der Waals surface area contributed by atoms with Crippen molar-refractivity contribution < 1.29 is 15.1 Å². The molecule has 0 amide bonds. The highest BCUT2D eigenvalue weighted by Gasteiger charge is 1.91. The Balaban J connectivity index is 3.56. The fraction of sp³-hybridized carbons (Fsp3) is 0.500. The number of carboxylic acids is 1. The molecule has 0 spiro atoms. The second-order valence-corrected chi connectivity index (χ2v) is 1.41. The molecule has 5 heteroatoms. The van der Waals surface area contributed by atoms with Crippen molar-refractivity contribution in [3.05, 3.63) is 0 Å². The Kier molecular flexibility index (Phi) is 3.38. The van der Waals surface area contributed by atoms with Crippen molar-refractivity contribution in [1.29, 1.82) is 0 Å². The molecule has 0 aromatic heterocycles. The highest BCUT2D eigenvalue weighted by Crippen LogP contribution is 1.71. The SMILES string of the molecule is CC(=NCC(=O)O)NO. The first-order chi connectivity index (χ1) is 4.16. The molecule has 0 radical (unpaired) electrons. The molecular formula is C4H8N2O3. The van der Waals surface area contributed by atoms with Gasteiger partial charge < -0.3 is 5.11 Å². The number of aliphatic carboxylic acids is 1. The number of carbonyl (C=O) groups is 1. The van der Waals surface area contributed by atoms with Crippen LogP contribution in [0.5, 0.6) is 0 Å². The Morgan fingerprint density at radius 1 is 1.78 bits per heavy atom. The number of hydrogen-bond acceptors (Lipinski definition) is 3. The second-order valence-electron chi connectivity index (χ2n) is 1.41. The second kappa shape index (κ2) is 3.85. The van der Waals surface area contributed by atoms with Gasteiger partial charge in [0.05, 0.1) is 0 Å². The number of nitrogens with zero attached hydrogens (tertiary/aromatic N) is 1. The molecule has 0 saturated carbocycles. The molecule has 0 aromatic carbocycles. The highest BCUT2D eigenvalue weighted by molar-refractivity contribution is 5.81. The van der Waals surface area contributed by atoms with Crippen LogP contribution in [0.3, 0.4) is 0 Å². The first-order valence-corrected chi connectivity index (χ1v) is 2.29. The topological polar surface area (TPSA) is 81.9 Å². The number of rotatable bonds is 2. The van der Waals surface area contributed by atoms with Crippen molar-refractivity contribution in [1.82, 2.24) is 5.48 Å². The molecule has 0 bridgehead atoms. The summed E-state index contributed by atoms with van der Waals surface area (Å²) < 4.78 is 0. The molecule has 52 valence electrons. The standard InChI is InChI=1S/C4H8N2O3/c1-3(6-9)5-2-4(7)8/h9H,2H2,1H3,(H,5,6)(H,7,8). The van der Waals surface area contributed by atoms with E-state index in [1.54, 1.807) is 5.48 Å². The van der Waals surface area contributed by atoms with Gasteiger partial charge in [-0.1, -0.05) is 0 Å². The Labute approximate surface area is 52.0 Å². The van der Waals surface area contributed by atoms with Crippen LogP contribution in [0.25, 0.3) is 0 Å². The lowest BCUT2D eigenvalue weighted by Gasteiger charge is -1.92. The zero-order valence-corrected chi connectivity index (χ0v) is 4.96. The van der Waals surface area contributed by atoms with E-state index in [0.29, 0.717) is 0 Å². The third-order valence-corrected chi connectivity index (χ3v) is 0.613. The van der Waals surface area contributed by atoms with E-state index in [4.69, 9.17) is 10.3 Å². The summed E-state index contributed by atoms with van der Waals surface area (Å²) >= 11 is 0. The fourth-order valence-corrected chi connectivity index (χ4v) is 0.222. The molecule has 0 fully saturated rings. The summed E-state index contributed by atoms with van der Waals surface area (Å²) in [4.78, 5) is 13.2. The smallest absolute Gasteiger partial charge is 0.325 e. The normalized spacial score (nSPS) is 11.1. The number of nitrogens with one attached hydrogen (secondary N) is 1. The van der Waals surface area contributed by atoms with Crippen LogP contribution in [-0.2, 0) is 4.79 Å². The van der Waals surface area contributed by atoms with Crippen molar-refractivity contribution in [3.8, 4) is 0 Å². The number of hydroxylamine groups is 1. The van der Waals surface area contributed by atoms with E-state index in [0.717, 1.165) is 0 Å².